The maximum atomic E-state index is 12.9. The lowest BCUT2D eigenvalue weighted by molar-refractivity contribution is -0.152. The number of rotatable bonds is 6. The zero-order valence-corrected chi connectivity index (χ0v) is 18.3. The minimum Gasteiger partial charge on any atom is -0.467 e. The molecule has 162 valence electrons. The second kappa shape index (κ2) is 8.60. The van der Waals surface area contributed by atoms with Gasteiger partial charge in [0.25, 0.3) is 5.91 Å². The molecule has 0 spiro atoms. The summed E-state index contributed by atoms with van der Waals surface area (Å²) in [6.45, 7) is -0.421. The van der Waals surface area contributed by atoms with Crippen LogP contribution in [0, 0.1) is 0 Å². The molecule has 1 aromatic carbocycles. The summed E-state index contributed by atoms with van der Waals surface area (Å²) in [4.78, 5) is 30.3. The van der Waals surface area contributed by atoms with Crippen molar-refractivity contribution in [3.63, 3.8) is 0 Å². The number of fused-ring (bicyclic) bond motifs is 1. The van der Waals surface area contributed by atoms with E-state index in [1.807, 2.05) is 28.1 Å². The molecule has 0 fully saturated rings. The molecule has 8 nitrogen and oxygen atoms in total. The maximum absolute atomic E-state index is 12.9. The molecule has 0 aliphatic carbocycles. The third kappa shape index (κ3) is 4.17. The fourth-order valence-electron chi connectivity index (χ4n) is 3.53. The highest BCUT2D eigenvalue weighted by molar-refractivity contribution is 7.15. The molecule has 3 aromatic heterocycles. The second-order valence-electron chi connectivity index (χ2n) is 7.19. The molecule has 32 heavy (non-hydrogen) atoms. The van der Waals surface area contributed by atoms with Crippen LogP contribution in [0.4, 0.5) is 0 Å². The van der Waals surface area contributed by atoms with Gasteiger partial charge in [0.05, 0.1) is 24.1 Å². The van der Waals surface area contributed by atoms with Crippen molar-refractivity contribution in [1.82, 2.24) is 14.4 Å². The summed E-state index contributed by atoms with van der Waals surface area (Å²) >= 11 is 7.46. The zero-order chi connectivity index (χ0) is 22.1. The van der Waals surface area contributed by atoms with Gasteiger partial charge in [-0.1, -0.05) is 23.7 Å². The molecular formula is C22H17ClN4O4S. The highest BCUT2D eigenvalue weighted by atomic mass is 35.5. The Balaban J connectivity index is 1.27. The van der Waals surface area contributed by atoms with E-state index in [9.17, 15) is 9.59 Å². The van der Waals surface area contributed by atoms with Crippen molar-refractivity contribution in [2.45, 2.75) is 18.9 Å². The van der Waals surface area contributed by atoms with Gasteiger partial charge < -0.3 is 9.15 Å². The number of amides is 1. The Bertz CT molecular complexity index is 1260. The highest BCUT2D eigenvalue weighted by Crippen LogP contribution is 2.33. The van der Waals surface area contributed by atoms with Crippen molar-refractivity contribution in [2.75, 3.05) is 6.61 Å². The van der Waals surface area contributed by atoms with Gasteiger partial charge in [0.2, 0.25) is 0 Å². The first-order chi connectivity index (χ1) is 15.6. The van der Waals surface area contributed by atoms with E-state index in [0.717, 1.165) is 16.2 Å². The minimum absolute atomic E-state index is 0.0113. The molecule has 1 aliphatic rings. The van der Waals surface area contributed by atoms with Gasteiger partial charge >= 0.3 is 5.97 Å². The summed E-state index contributed by atoms with van der Waals surface area (Å²) in [7, 11) is 0. The van der Waals surface area contributed by atoms with E-state index < -0.39 is 24.5 Å². The number of hydrazone groups is 1. The van der Waals surface area contributed by atoms with E-state index in [1.54, 1.807) is 36.7 Å². The highest BCUT2D eigenvalue weighted by Gasteiger charge is 2.35. The number of benzene rings is 1. The van der Waals surface area contributed by atoms with Crippen molar-refractivity contribution >= 4 is 45.5 Å². The summed E-state index contributed by atoms with van der Waals surface area (Å²) < 4.78 is 12.6. The van der Waals surface area contributed by atoms with Gasteiger partial charge in [-0.2, -0.15) is 5.10 Å². The van der Waals surface area contributed by atoms with Gasteiger partial charge in [-0.15, -0.1) is 11.3 Å². The summed E-state index contributed by atoms with van der Waals surface area (Å²) in [5, 5.41) is 8.35. The molecule has 4 heterocycles. The summed E-state index contributed by atoms with van der Waals surface area (Å²) in [5.74, 6) is -0.357. The van der Waals surface area contributed by atoms with Crippen LogP contribution in [0.2, 0.25) is 5.02 Å². The average Bonchev–Trinajstić information content (AvgIpc) is 3.55. The van der Waals surface area contributed by atoms with Gasteiger partial charge in [0.15, 0.2) is 11.6 Å². The monoisotopic (exact) mass is 468 g/mol. The number of hydrogen-bond acceptors (Lipinski definition) is 7. The van der Waals surface area contributed by atoms with Crippen LogP contribution in [0.25, 0.3) is 4.96 Å². The van der Waals surface area contributed by atoms with E-state index in [-0.39, 0.29) is 6.42 Å². The standard InChI is InChI=1S/C22H17ClN4O4S/c23-15-5-3-14(4-6-15)17-11-18(19-2-1-8-30-19)27(25-17)20(28)13-31-21(29)10-16-12-26-7-9-32-22(26)24-16/h1-9,12,18H,10-11,13H2/t18-/m0/s1. The first-order valence-corrected chi connectivity index (χ1v) is 11.1. The molecule has 0 saturated carbocycles. The molecule has 1 aliphatic heterocycles. The Morgan fingerprint density at radius 2 is 2.09 bits per heavy atom. The van der Waals surface area contributed by atoms with E-state index in [1.165, 1.54) is 16.3 Å². The number of aromatic nitrogens is 2. The van der Waals surface area contributed by atoms with Crippen molar-refractivity contribution in [3.05, 3.63) is 82.5 Å². The van der Waals surface area contributed by atoms with Crippen molar-refractivity contribution < 1.29 is 18.7 Å². The second-order valence-corrected chi connectivity index (χ2v) is 8.50. The number of imidazole rings is 1. The van der Waals surface area contributed by atoms with Crippen molar-refractivity contribution in [1.29, 1.82) is 0 Å². The first-order valence-electron chi connectivity index (χ1n) is 9.82. The van der Waals surface area contributed by atoms with Gasteiger partial charge in [-0.25, -0.2) is 9.99 Å². The smallest absolute Gasteiger partial charge is 0.312 e. The van der Waals surface area contributed by atoms with E-state index >= 15 is 0 Å². The fourth-order valence-corrected chi connectivity index (χ4v) is 4.37. The molecule has 0 radical (unpaired) electrons. The lowest BCUT2D eigenvalue weighted by Gasteiger charge is -2.19. The summed E-state index contributed by atoms with van der Waals surface area (Å²) in [5.41, 5.74) is 2.17. The Hall–Kier alpha value is -3.43. The molecule has 0 N–H and O–H groups in total. The van der Waals surface area contributed by atoms with Gasteiger partial charge in [-0.05, 0) is 29.8 Å². The van der Waals surface area contributed by atoms with Gasteiger partial charge in [0.1, 0.15) is 11.8 Å². The number of thiazole rings is 1. The fraction of sp³-hybridized carbons (Fsp3) is 0.182. The number of hydrogen-bond donors (Lipinski definition) is 0. The van der Waals surface area contributed by atoms with Gasteiger partial charge in [-0.3, -0.25) is 14.0 Å². The Morgan fingerprint density at radius 3 is 2.84 bits per heavy atom. The maximum Gasteiger partial charge on any atom is 0.312 e. The van der Waals surface area contributed by atoms with Crippen molar-refractivity contribution in [2.24, 2.45) is 5.10 Å². The number of ether oxygens (including phenoxy) is 1. The molecule has 0 unspecified atom stereocenters. The van der Waals surface area contributed by atoms with Crippen LogP contribution in [0.3, 0.4) is 0 Å². The third-order valence-corrected chi connectivity index (χ3v) is 6.06. The van der Waals surface area contributed by atoms with E-state index in [4.69, 9.17) is 20.8 Å². The number of esters is 1. The predicted octanol–water partition coefficient (Wildman–Crippen LogP) is 4.11. The Labute approximate surface area is 191 Å². The molecule has 1 atom stereocenters. The summed E-state index contributed by atoms with van der Waals surface area (Å²) in [6, 6.07) is 10.4. The Morgan fingerprint density at radius 1 is 1.25 bits per heavy atom. The van der Waals surface area contributed by atoms with Crippen molar-refractivity contribution in [3.8, 4) is 0 Å². The lowest BCUT2D eigenvalue weighted by Crippen LogP contribution is -2.31. The predicted molar refractivity (Wildman–Crippen MR) is 119 cm³/mol. The molecule has 4 aromatic rings. The van der Waals surface area contributed by atoms with E-state index in [2.05, 4.69) is 10.1 Å². The van der Waals surface area contributed by atoms with Crippen LogP contribution in [-0.4, -0.2) is 38.6 Å². The minimum atomic E-state index is -0.528. The molecule has 5 rings (SSSR count). The molecule has 1 amide bonds. The van der Waals surface area contributed by atoms with Crippen LogP contribution in [0.5, 0.6) is 0 Å². The van der Waals surface area contributed by atoms with Crippen LogP contribution < -0.4 is 0 Å². The lowest BCUT2D eigenvalue weighted by atomic mass is 10.0. The average molecular weight is 469 g/mol. The number of furan rings is 1. The third-order valence-electron chi connectivity index (χ3n) is 5.04. The van der Waals surface area contributed by atoms with Crippen LogP contribution >= 0.6 is 22.9 Å². The SMILES string of the molecule is O=C(Cc1cn2ccsc2n1)OCC(=O)N1N=C(c2ccc(Cl)cc2)C[C@H]1c1ccco1. The van der Waals surface area contributed by atoms with Crippen LogP contribution in [0.1, 0.15) is 29.5 Å². The van der Waals surface area contributed by atoms with Crippen LogP contribution in [0.15, 0.2) is 70.0 Å². The number of carbonyl (C=O) groups excluding carboxylic acids is 2. The first kappa shape index (κ1) is 20.5. The zero-order valence-electron chi connectivity index (χ0n) is 16.7. The molecule has 0 saturated heterocycles. The number of nitrogens with zero attached hydrogens (tertiary/aromatic N) is 4. The quantitative estimate of drug-likeness (QED) is 0.397. The molecule has 0 bridgehead atoms. The number of halogens is 1. The molecular weight excluding hydrogens is 452 g/mol. The molecule has 10 heteroatoms. The van der Waals surface area contributed by atoms with Crippen LogP contribution in [-0.2, 0) is 20.7 Å². The largest absolute Gasteiger partial charge is 0.467 e. The number of carbonyl (C=O) groups is 2. The van der Waals surface area contributed by atoms with Gasteiger partial charge in [0, 0.05) is 29.2 Å². The normalized spacial score (nSPS) is 15.8. The topological polar surface area (TPSA) is 89.4 Å². The van der Waals surface area contributed by atoms with E-state index in [0.29, 0.717) is 22.9 Å². The summed E-state index contributed by atoms with van der Waals surface area (Å²) in [6.07, 6.45) is 5.64. The Kier molecular flexibility index (Phi) is 5.50.